The average molecular weight is 479 g/mol. The van der Waals surface area contributed by atoms with Crippen molar-refractivity contribution in [2.75, 3.05) is 12.9 Å². The molecule has 0 N–H and O–H groups in total. The Hall–Kier alpha value is -4.23. The highest BCUT2D eigenvalue weighted by molar-refractivity contribution is 7.99. The van der Waals surface area contributed by atoms with E-state index >= 15 is 0 Å². The standard InChI is InChI=1S/C28H22N4O2S/c1-34-25-15-13-24(14-16-25)32-27(23-8-5-17-29-18-23)30-31-28(32)35-19-26(33)22-11-9-21(10-12-22)20-6-3-2-4-7-20/h2-18H,19H2,1H3. The number of aromatic nitrogens is 4. The van der Waals surface area contributed by atoms with Gasteiger partial charge in [0, 0.05) is 29.2 Å². The second-order valence-corrected chi connectivity index (χ2v) is 8.68. The molecule has 5 rings (SSSR count). The summed E-state index contributed by atoms with van der Waals surface area (Å²) >= 11 is 1.36. The number of benzene rings is 3. The van der Waals surface area contributed by atoms with Crippen LogP contribution in [0.1, 0.15) is 10.4 Å². The van der Waals surface area contributed by atoms with Crippen LogP contribution in [0.25, 0.3) is 28.2 Å². The van der Waals surface area contributed by atoms with Crippen LogP contribution in [-0.4, -0.2) is 38.4 Å². The maximum Gasteiger partial charge on any atom is 0.196 e. The maximum absolute atomic E-state index is 13.0. The van der Waals surface area contributed by atoms with Crippen LogP contribution in [0.3, 0.4) is 0 Å². The fourth-order valence-corrected chi connectivity index (χ4v) is 4.55. The van der Waals surface area contributed by atoms with Crippen LogP contribution in [0.2, 0.25) is 0 Å². The number of thioether (sulfide) groups is 1. The summed E-state index contributed by atoms with van der Waals surface area (Å²) in [7, 11) is 1.63. The summed E-state index contributed by atoms with van der Waals surface area (Å²) in [5, 5.41) is 9.43. The quantitative estimate of drug-likeness (QED) is 0.202. The van der Waals surface area contributed by atoms with Crippen molar-refractivity contribution >= 4 is 17.5 Å². The molecule has 0 unspecified atom stereocenters. The highest BCUT2D eigenvalue weighted by atomic mass is 32.2. The molecule has 0 aliphatic rings. The molecule has 0 spiro atoms. The Labute approximate surface area is 207 Å². The normalized spacial score (nSPS) is 10.8. The van der Waals surface area contributed by atoms with Gasteiger partial charge in [-0.05, 0) is 47.5 Å². The van der Waals surface area contributed by atoms with Crippen LogP contribution in [-0.2, 0) is 0 Å². The highest BCUT2D eigenvalue weighted by Crippen LogP contribution is 2.29. The minimum absolute atomic E-state index is 0.0295. The predicted octanol–water partition coefficient (Wildman–Crippen LogP) is 5.98. The molecule has 2 heterocycles. The largest absolute Gasteiger partial charge is 0.497 e. The molecule has 0 aliphatic heterocycles. The number of rotatable bonds is 8. The number of Topliss-reactive ketones (excluding diaryl/α,β-unsaturated/α-hetero) is 1. The van der Waals surface area contributed by atoms with Gasteiger partial charge in [-0.2, -0.15) is 0 Å². The van der Waals surface area contributed by atoms with E-state index in [1.54, 1.807) is 19.5 Å². The zero-order valence-electron chi connectivity index (χ0n) is 19.0. The average Bonchev–Trinajstić information content (AvgIpc) is 3.37. The zero-order chi connectivity index (χ0) is 24.0. The van der Waals surface area contributed by atoms with Gasteiger partial charge >= 0.3 is 0 Å². The van der Waals surface area contributed by atoms with Gasteiger partial charge in [-0.3, -0.25) is 14.3 Å². The van der Waals surface area contributed by atoms with Gasteiger partial charge in [0.05, 0.1) is 12.9 Å². The van der Waals surface area contributed by atoms with E-state index < -0.39 is 0 Å². The van der Waals surface area contributed by atoms with Crippen molar-refractivity contribution in [3.8, 4) is 34.0 Å². The van der Waals surface area contributed by atoms with Crippen molar-refractivity contribution in [1.29, 1.82) is 0 Å². The van der Waals surface area contributed by atoms with Crippen LogP contribution in [0, 0.1) is 0 Å². The number of ketones is 1. The predicted molar refractivity (Wildman–Crippen MR) is 138 cm³/mol. The second-order valence-electron chi connectivity index (χ2n) is 7.74. The third-order valence-corrected chi connectivity index (χ3v) is 6.46. The number of methoxy groups -OCH3 is 1. The summed E-state index contributed by atoms with van der Waals surface area (Å²) < 4.78 is 7.23. The van der Waals surface area contributed by atoms with Crippen molar-refractivity contribution in [2.24, 2.45) is 0 Å². The summed E-state index contributed by atoms with van der Waals surface area (Å²) in [6.45, 7) is 0. The Kier molecular flexibility index (Phi) is 6.68. The van der Waals surface area contributed by atoms with E-state index in [1.165, 1.54) is 11.8 Å². The molecule has 0 saturated heterocycles. The van der Waals surface area contributed by atoms with Gasteiger partial charge in [0.15, 0.2) is 16.8 Å². The molecule has 172 valence electrons. The van der Waals surface area contributed by atoms with E-state index in [-0.39, 0.29) is 11.5 Å². The third kappa shape index (κ3) is 5.00. The molecular weight excluding hydrogens is 456 g/mol. The molecule has 3 aromatic carbocycles. The SMILES string of the molecule is COc1ccc(-n2c(SCC(=O)c3ccc(-c4ccccc4)cc3)nnc2-c2cccnc2)cc1. The van der Waals surface area contributed by atoms with E-state index in [0.717, 1.165) is 28.1 Å². The smallest absolute Gasteiger partial charge is 0.196 e. The fourth-order valence-electron chi connectivity index (χ4n) is 3.70. The van der Waals surface area contributed by atoms with E-state index in [2.05, 4.69) is 27.3 Å². The summed E-state index contributed by atoms with van der Waals surface area (Å²) in [6, 6.07) is 29.3. The maximum atomic E-state index is 13.0. The molecule has 0 fully saturated rings. The van der Waals surface area contributed by atoms with Crippen LogP contribution in [0.15, 0.2) is 109 Å². The van der Waals surface area contributed by atoms with E-state index in [0.29, 0.717) is 16.5 Å². The van der Waals surface area contributed by atoms with Gasteiger partial charge in [-0.1, -0.05) is 66.4 Å². The Bertz CT molecular complexity index is 1420. The van der Waals surface area contributed by atoms with Crippen LogP contribution < -0.4 is 4.74 Å². The van der Waals surface area contributed by atoms with Crippen LogP contribution >= 0.6 is 11.8 Å². The molecule has 35 heavy (non-hydrogen) atoms. The molecule has 5 aromatic rings. The number of hydrogen-bond acceptors (Lipinski definition) is 6. The van der Waals surface area contributed by atoms with Crippen molar-refractivity contribution in [3.63, 3.8) is 0 Å². The van der Waals surface area contributed by atoms with Crippen LogP contribution in [0.5, 0.6) is 5.75 Å². The molecular formula is C28H22N4O2S. The number of ether oxygens (including phenoxy) is 1. The van der Waals surface area contributed by atoms with Crippen molar-refractivity contribution in [1.82, 2.24) is 19.7 Å². The Morgan fingerprint density at radius 2 is 1.54 bits per heavy atom. The second kappa shape index (κ2) is 10.4. The minimum atomic E-state index is 0.0295. The Balaban J connectivity index is 1.39. The lowest BCUT2D eigenvalue weighted by Gasteiger charge is -2.11. The van der Waals surface area contributed by atoms with Crippen molar-refractivity contribution < 1.29 is 9.53 Å². The van der Waals surface area contributed by atoms with Gasteiger partial charge in [-0.25, -0.2) is 0 Å². The minimum Gasteiger partial charge on any atom is -0.497 e. The number of pyridine rings is 1. The van der Waals surface area contributed by atoms with Crippen molar-refractivity contribution in [2.45, 2.75) is 5.16 Å². The lowest BCUT2D eigenvalue weighted by molar-refractivity contribution is 0.102. The number of carbonyl (C=O) groups is 1. The van der Waals surface area contributed by atoms with Crippen molar-refractivity contribution in [3.05, 3.63) is 109 Å². The third-order valence-electron chi connectivity index (χ3n) is 5.53. The number of carbonyl (C=O) groups excluding carboxylic acids is 1. The summed E-state index contributed by atoms with van der Waals surface area (Å²) in [4.78, 5) is 17.2. The Morgan fingerprint density at radius 1 is 0.829 bits per heavy atom. The first kappa shape index (κ1) is 22.6. The molecule has 0 atom stereocenters. The van der Waals surface area contributed by atoms with E-state index in [9.17, 15) is 4.79 Å². The van der Waals surface area contributed by atoms with Gasteiger partial charge in [0.2, 0.25) is 0 Å². The fraction of sp³-hybridized carbons (Fsp3) is 0.0714. The lowest BCUT2D eigenvalue weighted by Crippen LogP contribution is -2.05. The molecule has 7 heteroatoms. The Morgan fingerprint density at radius 3 is 2.23 bits per heavy atom. The first-order chi connectivity index (χ1) is 17.2. The molecule has 6 nitrogen and oxygen atoms in total. The summed E-state index contributed by atoms with van der Waals surface area (Å²) in [5.74, 6) is 1.69. The summed E-state index contributed by atoms with van der Waals surface area (Å²) in [5.41, 5.74) is 4.58. The molecule has 0 bridgehead atoms. The van der Waals surface area contributed by atoms with E-state index in [1.807, 2.05) is 83.4 Å². The highest BCUT2D eigenvalue weighted by Gasteiger charge is 2.18. The number of hydrogen-bond donors (Lipinski definition) is 0. The van der Waals surface area contributed by atoms with Gasteiger partial charge in [0.25, 0.3) is 0 Å². The zero-order valence-corrected chi connectivity index (χ0v) is 19.9. The van der Waals surface area contributed by atoms with Gasteiger partial charge < -0.3 is 4.74 Å². The van der Waals surface area contributed by atoms with Gasteiger partial charge in [0.1, 0.15) is 5.75 Å². The lowest BCUT2D eigenvalue weighted by atomic mass is 10.0. The molecule has 0 aliphatic carbocycles. The van der Waals surface area contributed by atoms with E-state index in [4.69, 9.17) is 4.74 Å². The molecule has 0 amide bonds. The van der Waals surface area contributed by atoms with Crippen LogP contribution in [0.4, 0.5) is 0 Å². The molecule has 0 radical (unpaired) electrons. The first-order valence-electron chi connectivity index (χ1n) is 11.0. The first-order valence-corrected chi connectivity index (χ1v) is 12.0. The molecule has 2 aromatic heterocycles. The van der Waals surface area contributed by atoms with Gasteiger partial charge in [-0.15, -0.1) is 10.2 Å². The topological polar surface area (TPSA) is 69.9 Å². The number of nitrogens with zero attached hydrogens (tertiary/aromatic N) is 4. The monoisotopic (exact) mass is 478 g/mol. The summed E-state index contributed by atoms with van der Waals surface area (Å²) in [6.07, 6.45) is 3.47. The molecule has 0 saturated carbocycles.